The lowest BCUT2D eigenvalue weighted by Crippen LogP contribution is -2.55. The molecule has 1 atom stereocenters. The van der Waals surface area contributed by atoms with Gasteiger partial charge in [0.05, 0.1) is 38.4 Å². The number of para-hydroxylation sites is 1. The first-order valence-electron chi connectivity index (χ1n) is 12.5. The van der Waals surface area contributed by atoms with Gasteiger partial charge in [-0.1, -0.05) is 37.5 Å². The molecule has 1 aliphatic heterocycles. The maximum atomic E-state index is 11.9. The first-order valence-corrected chi connectivity index (χ1v) is 12.5. The minimum absolute atomic E-state index is 0.180. The highest BCUT2D eigenvalue weighted by Crippen LogP contribution is 2.47. The van der Waals surface area contributed by atoms with E-state index >= 15 is 0 Å². The molecule has 2 aliphatic rings. The number of benzene rings is 2. The van der Waals surface area contributed by atoms with Gasteiger partial charge in [-0.2, -0.15) is 0 Å². The third-order valence-electron chi connectivity index (χ3n) is 8.02. The number of quaternary nitrogens is 1. The monoisotopic (exact) mass is 462 g/mol. The molecule has 0 amide bonds. The van der Waals surface area contributed by atoms with Gasteiger partial charge in [0.2, 0.25) is 0 Å². The molecule has 0 saturated heterocycles. The predicted octanol–water partition coefficient (Wildman–Crippen LogP) is 4.85. The maximum absolute atomic E-state index is 11.9. The second-order valence-corrected chi connectivity index (χ2v) is 10.5. The van der Waals surface area contributed by atoms with E-state index in [4.69, 9.17) is 10.5 Å². The number of carbonyl (C=O) groups is 1. The molecule has 1 saturated carbocycles. The molecule has 180 valence electrons. The summed E-state index contributed by atoms with van der Waals surface area (Å²) >= 11 is 0. The summed E-state index contributed by atoms with van der Waals surface area (Å²) in [5.74, 6) is 0.488. The number of carboxylic acids is 1. The summed E-state index contributed by atoms with van der Waals surface area (Å²) in [5.41, 5.74) is 11.0. The van der Waals surface area contributed by atoms with Crippen LogP contribution in [-0.2, 0) is 6.54 Å². The number of aromatic carboxylic acids is 1. The van der Waals surface area contributed by atoms with Crippen LogP contribution in [0.2, 0.25) is 0 Å². The van der Waals surface area contributed by atoms with Crippen molar-refractivity contribution >= 4 is 16.9 Å². The lowest BCUT2D eigenvalue weighted by atomic mass is 9.81. The number of fused-ring (bicyclic) bond motifs is 5. The third-order valence-corrected chi connectivity index (χ3v) is 8.02. The summed E-state index contributed by atoms with van der Waals surface area (Å²) in [6, 6.07) is 14.2. The van der Waals surface area contributed by atoms with Crippen molar-refractivity contribution in [1.29, 1.82) is 0 Å². The van der Waals surface area contributed by atoms with Crippen LogP contribution in [0.5, 0.6) is 5.75 Å². The third kappa shape index (κ3) is 3.99. The molecule has 3 N–H and O–H groups in total. The zero-order chi connectivity index (χ0) is 23.9. The van der Waals surface area contributed by atoms with E-state index in [1.54, 1.807) is 6.07 Å². The summed E-state index contributed by atoms with van der Waals surface area (Å²) in [5, 5.41) is 11.0. The average Bonchev–Trinajstić information content (AvgIpc) is 3.13. The van der Waals surface area contributed by atoms with Crippen molar-refractivity contribution in [1.82, 2.24) is 4.57 Å². The fourth-order valence-corrected chi connectivity index (χ4v) is 5.97. The molecular formula is C28H36N3O3+. The summed E-state index contributed by atoms with van der Waals surface area (Å²) in [7, 11) is 4.43. The Hall–Kier alpha value is -2.83. The lowest BCUT2D eigenvalue weighted by Gasteiger charge is -2.39. The van der Waals surface area contributed by atoms with Crippen LogP contribution < -0.4 is 10.5 Å². The summed E-state index contributed by atoms with van der Waals surface area (Å²) in [4.78, 5) is 11.9. The van der Waals surface area contributed by atoms with Gasteiger partial charge in [0.1, 0.15) is 18.4 Å². The van der Waals surface area contributed by atoms with Crippen molar-refractivity contribution in [3.05, 3.63) is 53.6 Å². The molecule has 2 aromatic carbocycles. The van der Waals surface area contributed by atoms with Crippen molar-refractivity contribution in [2.45, 2.75) is 50.6 Å². The van der Waals surface area contributed by atoms with Gasteiger partial charge < -0.3 is 24.6 Å². The minimum Gasteiger partial charge on any atom is -0.487 e. The Morgan fingerprint density at radius 2 is 1.91 bits per heavy atom. The standard InChI is InChI=1S/C28H35N3O3/c1-31(2,15-14-29)21-17-30-24-16-20(28(32)33)12-13-22(24)26(19-8-4-3-5-9-19)27(30)23-10-6-7-11-25(23)34-18-21/h6-7,10-13,16,19,21H,3-5,8-9,14-15,17-18,29H2,1-2H3/p+1. The molecular weight excluding hydrogens is 426 g/mol. The van der Waals surface area contributed by atoms with Gasteiger partial charge in [-0.15, -0.1) is 0 Å². The van der Waals surface area contributed by atoms with Gasteiger partial charge in [0, 0.05) is 23.0 Å². The number of nitrogens with two attached hydrogens (primary N) is 1. The van der Waals surface area contributed by atoms with E-state index in [0.717, 1.165) is 34.4 Å². The van der Waals surface area contributed by atoms with Crippen LogP contribution in [0.3, 0.4) is 0 Å². The maximum Gasteiger partial charge on any atom is 0.335 e. The van der Waals surface area contributed by atoms with Gasteiger partial charge in [-0.05, 0) is 48.6 Å². The number of carboxylic acid groups (broad SMARTS) is 1. The zero-order valence-corrected chi connectivity index (χ0v) is 20.3. The Kier molecular flexibility index (Phi) is 6.13. The molecule has 0 spiro atoms. The highest BCUT2D eigenvalue weighted by molar-refractivity contribution is 5.98. The van der Waals surface area contributed by atoms with E-state index in [2.05, 4.69) is 36.9 Å². The Morgan fingerprint density at radius 3 is 2.65 bits per heavy atom. The van der Waals surface area contributed by atoms with Crippen molar-refractivity contribution in [2.24, 2.45) is 5.73 Å². The molecule has 2 heterocycles. The minimum atomic E-state index is -0.887. The molecule has 0 bridgehead atoms. The van der Waals surface area contributed by atoms with Crippen LogP contribution in [0.1, 0.15) is 53.9 Å². The van der Waals surface area contributed by atoms with E-state index < -0.39 is 5.97 Å². The largest absolute Gasteiger partial charge is 0.487 e. The van der Waals surface area contributed by atoms with Crippen molar-refractivity contribution in [3.63, 3.8) is 0 Å². The second kappa shape index (κ2) is 9.08. The van der Waals surface area contributed by atoms with Crippen LogP contribution in [0.4, 0.5) is 0 Å². The van der Waals surface area contributed by atoms with E-state index in [-0.39, 0.29) is 6.04 Å². The number of rotatable bonds is 5. The van der Waals surface area contributed by atoms with Gasteiger partial charge in [-0.3, -0.25) is 0 Å². The van der Waals surface area contributed by atoms with Crippen LogP contribution in [-0.4, -0.2) is 60.0 Å². The van der Waals surface area contributed by atoms with Gasteiger partial charge in [0.25, 0.3) is 0 Å². The Morgan fingerprint density at radius 1 is 1.15 bits per heavy atom. The predicted molar refractivity (Wildman–Crippen MR) is 135 cm³/mol. The molecule has 0 radical (unpaired) electrons. The van der Waals surface area contributed by atoms with Crippen LogP contribution in [0.15, 0.2) is 42.5 Å². The lowest BCUT2D eigenvalue weighted by molar-refractivity contribution is -0.914. The summed E-state index contributed by atoms with van der Waals surface area (Å²) in [6.45, 7) is 2.79. The Balaban J connectivity index is 1.80. The average molecular weight is 463 g/mol. The van der Waals surface area contributed by atoms with Crippen LogP contribution >= 0.6 is 0 Å². The number of hydrogen-bond acceptors (Lipinski definition) is 3. The topological polar surface area (TPSA) is 77.5 Å². The quantitative estimate of drug-likeness (QED) is 0.532. The van der Waals surface area contributed by atoms with Crippen LogP contribution in [0, 0.1) is 0 Å². The molecule has 6 nitrogen and oxygen atoms in total. The SMILES string of the molecule is C[N+](C)(CCN)C1COc2ccccc2-c2c(C3CCCCC3)c3ccc(C(=O)O)cc3n2C1. The molecule has 5 rings (SSSR count). The molecule has 1 unspecified atom stereocenters. The summed E-state index contributed by atoms with van der Waals surface area (Å²) in [6.07, 6.45) is 6.12. The Labute approximate surface area is 201 Å². The molecule has 1 aromatic heterocycles. The van der Waals surface area contributed by atoms with Gasteiger partial charge in [0.15, 0.2) is 0 Å². The van der Waals surface area contributed by atoms with Crippen molar-refractivity contribution < 1.29 is 19.1 Å². The number of ether oxygens (including phenoxy) is 1. The van der Waals surface area contributed by atoms with E-state index in [1.165, 1.54) is 48.7 Å². The Bertz CT molecular complexity index is 1210. The van der Waals surface area contributed by atoms with Gasteiger partial charge >= 0.3 is 5.97 Å². The second-order valence-electron chi connectivity index (χ2n) is 10.5. The molecule has 6 heteroatoms. The zero-order valence-electron chi connectivity index (χ0n) is 20.3. The number of likely N-dealkylation sites (N-methyl/N-ethyl adjacent to an activating group) is 1. The fourth-order valence-electron chi connectivity index (χ4n) is 5.97. The normalized spacial score (nSPS) is 19.1. The fraction of sp³-hybridized carbons (Fsp3) is 0.464. The van der Waals surface area contributed by atoms with Crippen LogP contribution in [0.25, 0.3) is 22.2 Å². The summed E-state index contributed by atoms with van der Waals surface area (Å²) < 4.78 is 9.61. The first kappa shape index (κ1) is 22.9. The smallest absolute Gasteiger partial charge is 0.335 e. The highest BCUT2D eigenvalue weighted by atomic mass is 16.5. The molecule has 3 aromatic rings. The number of aromatic nitrogens is 1. The first-order chi connectivity index (χ1) is 16.4. The number of hydrogen-bond donors (Lipinski definition) is 2. The molecule has 34 heavy (non-hydrogen) atoms. The van der Waals surface area contributed by atoms with Crippen molar-refractivity contribution in [2.75, 3.05) is 33.8 Å². The van der Waals surface area contributed by atoms with E-state index in [9.17, 15) is 9.90 Å². The van der Waals surface area contributed by atoms with E-state index in [0.29, 0.717) is 24.6 Å². The molecule has 1 fully saturated rings. The highest BCUT2D eigenvalue weighted by Gasteiger charge is 2.35. The van der Waals surface area contributed by atoms with E-state index in [1.807, 2.05) is 18.2 Å². The van der Waals surface area contributed by atoms with Gasteiger partial charge in [-0.25, -0.2) is 4.79 Å². The number of nitrogens with zero attached hydrogens (tertiary/aromatic N) is 2. The molecule has 1 aliphatic carbocycles. The van der Waals surface area contributed by atoms with Crippen molar-refractivity contribution in [3.8, 4) is 17.0 Å².